The number of rotatable bonds is 4. The minimum atomic E-state index is -0.555. The van der Waals surface area contributed by atoms with E-state index in [1.807, 2.05) is 0 Å². The Labute approximate surface area is 194 Å². The third-order valence-corrected chi connectivity index (χ3v) is 5.32. The van der Waals surface area contributed by atoms with Gasteiger partial charge in [0.15, 0.2) is 5.69 Å². The highest BCUT2D eigenvalue weighted by molar-refractivity contribution is 6.04. The summed E-state index contributed by atoms with van der Waals surface area (Å²) < 4.78 is 13.4. The SMILES string of the molecule is O=C(Nc1ccc(NC(=O)N2CCN(C(=O)c3cccc(F)c3)CC2)cc1)c1ncccc1O. The number of carbonyl (C=O) groups excluding carboxylic acids is 3. The van der Waals surface area contributed by atoms with Crippen molar-refractivity contribution in [3.63, 3.8) is 0 Å². The Morgan fingerprint density at radius 3 is 2.15 bits per heavy atom. The Hall–Kier alpha value is -4.47. The van der Waals surface area contributed by atoms with Crippen molar-refractivity contribution in [1.29, 1.82) is 0 Å². The Balaban J connectivity index is 1.28. The molecule has 1 aliphatic rings. The van der Waals surface area contributed by atoms with E-state index in [0.29, 0.717) is 37.6 Å². The lowest BCUT2D eigenvalue weighted by atomic mass is 10.2. The van der Waals surface area contributed by atoms with Gasteiger partial charge in [0.05, 0.1) is 0 Å². The number of hydrogen-bond acceptors (Lipinski definition) is 5. The predicted molar refractivity (Wildman–Crippen MR) is 123 cm³/mol. The molecule has 0 unspecified atom stereocenters. The topological polar surface area (TPSA) is 115 Å². The first-order valence-corrected chi connectivity index (χ1v) is 10.6. The molecule has 1 fully saturated rings. The molecule has 0 bridgehead atoms. The molecule has 1 aromatic heterocycles. The standard InChI is InChI=1S/C24H22FN5O4/c25-17-4-1-3-16(15-17)23(33)29-11-13-30(14-12-29)24(34)28-19-8-6-18(7-9-19)27-22(32)21-20(31)5-2-10-26-21/h1-10,15,31H,11-14H2,(H,27,32)(H,28,34). The Bertz CT molecular complexity index is 1210. The fourth-order valence-electron chi connectivity index (χ4n) is 3.52. The minimum absolute atomic E-state index is 0.0881. The number of anilines is 2. The van der Waals surface area contributed by atoms with Gasteiger partial charge in [0.25, 0.3) is 11.8 Å². The number of carbonyl (C=O) groups is 3. The van der Waals surface area contributed by atoms with Crippen molar-refractivity contribution < 1.29 is 23.9 Å². The molecule has 2 heterocycles. The molecular weight excluding hydrogens is 441 g/mol. The van der Waals surface area contributed by atoms with Crippen LogP contribution in [0.1, 0.15) is 20.8 Å². The maximum Gasteiger partial charge on any atom is 0.321 e. The molecule has 174 valence electrons. The summed E-state index contributed by atoms with van der Waals surface area (Å²) in [6.45, 7) is 1.37. The number of aromatic nitrogens is 1. The second-order valence-electron chi connectivity index (χ2n) is 7.62. The summed E-state index contributed by atoms with van der Waals surface area (Å²) in [5.41, 5.74) is 1.19. The van der Waals surface area contributed by atoms with Crippen LogP contribution < -0.4 is 10.6 Å². The number of nitrogens with one attached hydrogen (secondary N) is 2. The Morgan fingerprint density at radius 1 is 0.853 bits per heavy atom. The number of piperazine rings is 1. The smallest absolute Gasteiger partial charge is 0.321 e. The zero-order chi connectivity index (χ0) is 24.1. The van der Waals surface area contributed by atoms with Crippen LogP contribution in [-0.4, -0.2) is 63.9 Å². The summed E-state index contributed by atoms with van der Waals surface area (Å²) in [6.07, 6.45) is 1.41. The monoisotopic (exact) mass is 463 g/mol. The zero-order valence-electron chi connectivity index (χ0n) is 18.1. The Kier molecular flexibility index (Phi) is 6.67. The van der Waals surface area contributed by atoms with Crippen LogP contribution in [0.3, 0.4) is 0 Å². The summed E-state index contributed by atoms with van der Waals surface area (Å²) in [5.74, 6) is -1.51. The zero-order valence-corrected chi connectivity index (χ0v) is 18.1. The van der Waals surface area contributed by atoms with Gasteiger partial charge in [-0.25, -0.2) is 14.2 Å². The normalized spacial score (nSPS) is 13.3. The van der Waals surface area contributed by atoms with E-state index in [-0.39, 0.29) is 28.9 Å². The van der Waals surface area contributed by atoms with Gasteiger partial charge in [-0.3, -0.25) is 9.59 Å². The third-order valence-electron chi connectivity index (χ3n) is 5.32. The molecule has 0 spiro atoms. The molecule has 1 aliphatic heterocycles. The van der Waals surface area contributed by atoms with Crippen LogP contribution in [0.2, 0.25) is 0 Å². The van der Waals surface area contributed by atoms with Gasteiger partial charge in [-0.05, 0) is 54.6 Å². The molecule has 2 aromatic carbocycles. The average Bonchev–Trinajstić information content (AvgIpc) is 2.85. The van der Waals surface area contributed by atoms with Gasteiger partial charge in [0.2, 0.25) is 0 Å². The van der Waals surface area contributed by atoms with Gasteiger partial charge >= 0.3 is 6.03 Å². The van der Waals surface area contributed by atoms with Crippen LogP contribution >= 0.6 is 0 Å². The molecule has 0 aliphatic carbocycles. The number of pyridine rings is 1. The van der Waals surface area contributed by atoms with E-state index < -0.39 is 11.7 Å². The van der Waals surface area contributed by atoms with Gasteiger partial charge in [0.1, 0.15) is 11.6 Å². The summed E-state index contributed by atoms with van der Waals surface area (Å²) in [6, 6.07) is 14.6. The van der Waals surface area contributed by atoms with Gasteiger partial charge in [-0.2, -0.15) is 0 Å². The number of hydrogen-bond donors (Lipinski definition) is 3. The molecule has 34 heavy (non-hydrogen) atoms. The first kappa shape index (κ1) is 22.7. The van der Waals surface area contributed by atoms with E-state index in [2.05, 4.69) is 15.6 Å². The second-order valence-corrected chi connectivity index (χ2v) is 7.62. The van der Waals surface area contributed by atoms with Gasteiger partial charge in [-0.1, -0.05) is 6.07 Å². The van der Waals surface area contributed by atoms with Crippen LogP contribution in [0.25, 0.3) is 0 Å². The number of amides is 4. The second kappa shape index (κ2) is 9.99. The van der Waals surface area contributed by atoms with Crippen molar-refractivity contribution in [2.24, 2.45) is 0 Å². The third kappa shape index (κ3) is 5.29. The highest BCUT2D eigenvalue weighted by Crippen LogP contribution is 2.18. The highest BCUT2D eigenvalue weighted by atomic mass is 19.1. The summed E-state index contributed by atoms with van der Waals surface area (Å²) >= 11 is 0. The molecule has 1 saturated heterocycles. The maximum absolute atomic E-state index is 13.4. The van der Waals surface area contributed by atoms with Crippen molar-refractivity contribution in [3.8, 4) is 5.75 Å². The molecule has 0 radical (unpaired) electrons. The van der Waals surface area contributed by atoms with Gasteiger partial charge < -0.3 is 25.5 Å². The number of nitrogens with zero attached hydrogens (tertiary/aromatic N) is 3. The average molecular weight is 463 g/mol. The lowest BCUT2D eigenvalue weighted by Gasteiger charge is -2.34. The van der Waals surface area contributed by atoms with E-state index in [1.54, 1.807) is 40.1 Å². The van der Waals surface area contributed by atoms with Crippen molar-refractivity contribution >= 4 is 29.2 Å². The first-order chi connectivity index (χ1) is 16.4. The molecular formula is C24H22FN5O4. The van der Waals surface area contributed by atoms with E-state index in [1.165, 1.54) is 36.5 Å². The van der Waals surface area contributed by atoms with Gasteiger partial charge in [-0.15, -0.1) is 0 Å². The maximum atomic E-state index is 13.4. The van der Waals surface area contributed by atoms with Gasteiger partial charge in [0, 0.05) is 49.3 Å². The number of urea groups is 1. The molecule has 3 N–H and O–H groups in total. The van der Waals surface area contributed by atoms with E-state index in [9.17, 15) is 23.9 Å². The highest BCUT2D eigenvalue weighted by Gasteiger charge is 2.25. The molecule has 4 rings (SSSR count). The fourth-order valence-corrected chi connectivity index (χ4v) is 3.52. The van der Waals surface area contributed by atoms with Crippen LogP contribution in [0.15, 0.2) is 66.9 Å². The lowest BCUT2D eigenvalue weighted by Crippen LogP contribution is -2.51. The van der Waals surface area contributed by atoms with E-state index in [4.69, 9.17) is 0 Å². The Morgan fingerprint density at radius 2 is 1.50 bits per heavy atom. The molecule has 3 aromatic rings. The van der Waals surface area contributed by atoms with E-state index in [0.717, 1.165) is 0 Å². The van der Waals surface area contributed by atoms with Crippen molar-refractivity contribution in [3.05, 3.63) is 83.9 Å². The van der Waals surface area contributed by atoms with Crippen molar-refractivity contribution in [2.45, 2.75) is 0 Å². The summed E-state index contributed by atoms with van der Waals surface area (Å²) in [7, 11) is 0. The van der Waals surface area contributed by atoms with Crippen LogP contribution in [-0.2, 0) is 0 Å². The van der Waals surface area contributed by atoms with Crippen LogP contribution in [0.5, 0.6) is 5.75 Å². The predicted octanol–water partition coefficient (Wildman–Crippen LogP) is 3.17. The summed E-state index contributed by atoms with van der Waals surface area (Å²) in [5, 5.41) is 15.1. The molecule has 4 amide bonds. The lowest BCUT2D eigenvalue weighted by molar-refractivity contribution is 0.0671. The van der Waals surface area contributed by atoms with Crippen LogP contribution in [0, 0.1) is 5.82 Å². The first-order valence-electron chi connectivity index (χ1n) is 10.6. The molecule has 0 saturated carbocycles. The summed E-state index contributed by atoms with van der Waals surface area (Å²) in [4.78, 5) is 44.4. The number of benzene rings is 2. The molecule has 9 nitrogen and oxygen atoms in total. The van der Waals surface area contributed by atoms with E-state index >= 15 is 0 Å². The number of aromatic hydroxyl groups is 1. The van der Waals surface area contributed by atoms with Crippen LogP contribution in [0.4, 0.5) is 20.6 Å². The largest absolute Gasteiger partial charge is 0.505 e. The minimum Gasteiger partial charge on any atom is -0.505 e. The molecule has 10 heteroatoms. The molecule has 0 atom stereocenters. The van der Waals surface area contributed by atoms with Crippen molar-refractivity contribution in [2.75, 3.05) is 36.8 Å². The fraction of sp³-hybridized carbons (Fsp3) is 0.167. The quantitative estimate of drug-likeness (QED) is 0.550. The van der Waals surface area contributed by atoms with Crippen molar-refractivity contribution in [1.82, 2.24) is 14.8 Å². The number of halogens is 1.